The van der Waals surface area contributed by atoms with Gasteiger partial charge in [-0.25, -0.2) is 0 Å². The molecule has 2 rings (SSSR count). The van der Waals surface area contributed by atoms with Crippen LogP contribution in [-0.2, 0) is 4.79 Å². The Bertz CT molecular complexity index is 764. The number of benzene rings is 2. The number of ether oxygens (including phenoxy) is 1. The molecule has 0 spiro atoms. The summed E-state index contributed by atoms with van der Waals surface area (Å²) in [5.74, 6) is -0.159. The molecule has 2 aromatic carbocycles. The fraction of sp³-hybridized carbons (Fsp3) is 0.263. The van der Waals surface area contributed by atoms with Crippen LogP contribution < -0.4 is 15.4 Å². The first kappa shape index (κ1) is 19.8. The quantitative estimate of drug-likeness (QED) is 0.692. The van der Waals surface area contributed by atoms with Gasteiger partial charge < -0.3 is 20.5 Å². The van der Waals surface area contributed by atoms with Gasteiger partial charge in [0.2, 0.25) is 5.91 Å². The highest BCUT2D eigenvalue weighted by Gasteiger charge is 2.19. The van der Waals surface area contributed by atoms with Crippen molar-refractivity contribution in [2.24, 2.45) is 0 Å². The van der Waals surface area contributed by atoms with Crippen molar-refractivity contribution >= 4 is 23.4 Å². The molecular formula is C19H21ClN2O4. The molecule has 26 heavy (non-hydrogen) atoms. The van der Waals surface area contributed by atoms with Gasteiger partial charge in [-0.2, -0.15) is 0 Å². The van der Waals surface area contributed by atoms with E-state index in [1.807, 2.05) is 0 Å². The van der Waals surface area contributed by atoms with Gasteiger partial charge >= 0.3 is 0 Å². The van der Waals surface area contributed by atoms with E-state index in [9.17, 15) is 14.7 Å². The van der Waals surface area contributed by atoms with Crippen molar-refractivity contribution in [2.75, 3.05) is 13.7 Å². The van der Waals surface area contributed by atoms with Gasteiger partial charge in [-0.05, 0) is 36.8 Å². The third-order valence-corrected chi connectivity index (χ3v) is 4.16. The fourth-order valence-electron chi connectivity index (χ4n) is 2.28. The van der Waals surface area contributed by atoms with Crippen LogP contribution in [0.15, 0.2) is 48.5 Å². The molecule has 0 bridgehead atoms. The Hall–Kier alpha value is -2.57. The monoisotopic (exact) mass is 376 g/mol. The Morgan fingerprint density at radius 3 is 2.42 bits per heavy atom. The number of aliphatic hydroxyl groups excluding tert-OH is 1. The summed E-state index contributed by atoms with van der Waals surface area (Å²) in [6.45, 7) is 1.58. The van der Waals surface area contributed by atoms with Crippen LogP contribution in [0.3, 0.4) is 0 Å². The van der Waals surface area contributed by atoms with Crippen LogP contribution in [0.1, 0.15) is 28.9 Å². The number of rotatable bonds is 7. The Labute approximate surface area is 157 Å². The molecule has 2 unspecified atom stereocenters. The van der Waals surface area contributed by atoms with E-state index < -0.39 is 24.0 Å². The summed E-state index contributed by atoms with van der Waals surface area (Å²) in [5.41, 5.74) is 0.950. The SMILES string of the molecule is COc1ccc(C(O)CNC(=O)C(C)NC(=O)c2ccccc2Cl)cc1. The largest absolute Gasteiger partial charge is 0.497 e. The molecule has 6 nitrogen and oxygen atoms in total. The van der Waals surface area contributed by atoms with E-state index in [0.717, 1.165) is 0 Å². The van der Waals surface area contributed by atoms with Crippen molar-refractivity contribution in [1.82, 2.24) is 10.6 Å². The number of carbonyl (C=O) groups excluding carboxylic acids is 2. The molecule has 2 atom stereocenters. The van der Waals surface area contributed by atoms with E-state index in [2.05, 4.69) is 10.6 Å². The molecule has 7 heteroatoms. The second kappa shape index (κ2) is 9.22. The standard InChI is InChI=1S/C19H21ClN2O4/c1-12(22-19(25)15-5-3-4-6-16(15)20)18(24)21-11-17(23)13-7-9-14(26-2)10-8-13/h3-10,12,17,23H,11H2,1-2H3,(H,21,24)(H,22,25). The first-order valence-electron chi connectivity index (χ1n) is 8.07. The lowest BCUT2D eigenvalue weighted by Gasteiger charge is -2.17. The van der Waals surface area contributed by atoms with Gasteiger partial charge in [0.25, 0.3) is 5.91 Å². The maximum Gasteiger partial charge on any atom is 0.253 e. The smallest absolute Gasteiger partial charge is 0.253 e. The summed E-state index contributed by atoms with van der Waals surface area (Å²) in [6, 6.07) is 12.7. The highest BCUT2D eigenvalue weighted by molar-refractivity contribution is 6.33. The summed E-state index contributed by atoms with van der Waals surface area (Å²) in [6.07, 6.45) is -0.865. The first-order valence-corrected chi connectivity index (χ1v) is 8.45. The van der Waals surface area contributed by atoms with E-state index in [0.29, 0.717) is 21.9 Å². The van der Waals surface area contributed by atoms with Crippen LogP contribution in [-0.4, -0.2) is 36.6 Å². The topological polar surface area (TPSA) is 87.7 Å². The predicted molar refractivity (Wildman–Crippen MR) is 99.3 cm³/mol. The first-order chi connectivity index (χ1) is 12.4. The maximum atomic E-state index is 12.2. The summed E-state index contributed by atoms with van der Waals surface area (Å²) in [7, 11) is 1.56. The molecule has 0 saturated carbocycles. The van der Waals surface area contributed by atoms with E-state index >= 15 is 0 Å². The highest BCUT2D eigenvalue weighted by atomic mass is 35.5. The molecule has 0 aliphatic heterocycles. The lowest BCUT2D eigenvalue weighted by molar-refractivity contribution is -0.123. The van der Waals surface area contributed by atoms with Gasteiger partial charge in [0.05, 0.1) is 23.8 Å². The van der Waals surface area contributed by atoms with Crippen molar-refractivity contribution < 1.29 is 19.4 Å². The molecule has 0 saturated heterocycles. The Morgan fingerprint density at radius 2 is 1.81 bits per heavy atom. The molecule has 3 N–H and O–H groups in total. The second-order valence-electron chi connectivity index (χ2n) is 5.71. The van der Waals surface area contributed by atoms with E-state index in [1.165, 1.54) is 0 Å². The average Bonchev–Trinajstić information content (AvgIpc) is 2.66. The molecule has 0 aliphatic rings. The maximum absolute atomic E-state index is 12.2. The van der Waals surface area contributed by atoms with Crippen molar-refractivity contribution in [2.45, 2.75) is 19.1 Å². The average molecular weight is 377 g/mol. The Balaban J connectivity index is 1.86. The Morgan fingerprint density at radius 1 is 1.15 bits per heavy atom. The molecule has 2 aromatic rings. The molecule has 0 aromatic heterocycles. The van der Waals surface area contributed by atoms with Gasteiger partial charge in [-0.15, -0.1) is 0 Å². The predicted octanol–water partition coefficient (Wildman–Crippen LogP) is 2.32. The van der Waals surface area contributed by atoms with Crippen LogP contribution in [0.2, 0.25) is 5.02 Å². The molecule has 138 valence electrons. The molecule has 0 fully saturated rings. The third-order valence-electron chi connectivity index (χ3n) is 3.83. The lowest BCUT2D eigenvalue weighted by atomic mass is 10.1. The van der Waals surface area contributed by atoms with Gasteiger partial charge in [-0.3, -0.25) is 9.59 Å². The van der Waals surface area contributed by atoms with E-state index in [1.54, 1.807) is 62.6 Å². The van der Waals surface area contributed by atoms with E-state index in [4.69, 9.17) is 16.3 Å². The number of hydrogen-bond donors (Lipinski definition) is 3. The van der Waals surface area contributed by atoms with Gasteiger partial charge in [-0.1, -0.05) is 35.9 Å². The van der Waals surface area contributed by atoms with Crippen molar-refractivity contribution in [1.29, 1.82) is 0 Å². The minimum absolute atomic E-state index is 0.0253. The number of nitrogens with one attached hydrogen (secondary N) is 2. The number of halogens is 1. The van der Waals surface area contributed by atoms with Gasteiger partial charge in [0, 0.05) is 6.54 Å². The number of carbonyl (C=O) groups is 2. The van der Waals surface area contributed by atoms with Crippen molar-refractivity contribution in [3.63, 3.8) is 0 Å². The van der Waals surface area contributed by atoms with Crippen LogP contribution in [0.4, 0.5) is 0 Å². The number of hydrogen-bond acceptors (Lipinski definition) is 4. The normalized spacial score (nSPS) is 12.8. The minimum atomic E-state index is -0.865. The fourth-order valence-corrected chi connectivity index (χ4v) is 2.50. The van der Waals surface area contributed by atoms with Crippen LogP contribution in [0, 0.1) is 0 Å². The summed E-state index contributed by atoms with van der Waals surface area (Å²) < 4.78 is 5.06. The number of amides is 2. The summed E-state index contributed by atoms with van der Waals surface area (Å²) in [4.78, 5) is 24.3. The van der Waals surface area contributed by atoms with Crippen LogP contribution in [0.5, 0.6) is 5.75 Å². The van der Waals surface area contributed by atoms with E-state index in [-0.39, 0.29) is 6.54 Å². The zero-order valence-corrected chi connectivity index (χ0v) is 15.3. The van der Waals surface area contributed by atoms with Crippen LogP contribution in [0.25, 0.3) is 0 Å². The molecule has 0 aliphatic carbocycles. The van der Waals surface area contributed by atoms with Crippen molar-refractivity contribution in [3.8, 4) is 5.75 Å². The summed E-state index contributed by atoms with van der Waals surface area (Å²) >= 11 is 5.97. The number of aliphatic hydroxyl groups is 1. The molecule has 2 amide bonds. The highest BCUT2D eigenvalue weighted by Crippen LogP contribution is 2.17. The van der Waals surface area contributed by atoms with Gasteiger partial charge in [0.1, 0.15) is 11.8 Å². The molecule has 0 heterocycles. The minimum Gasteiger partial charge on any atom is -0.497 e. The lowest BCUT2D eigenvalue weighted by Crippen LogP contribution is -2.45. The van der Waals surface area contributed by atoms with Gasteiger partial charge in [0.15, 0.2) is 0 Å². The van der Waals surface area contributed by atoms with Crippen molar-refractivity contribution in [3.05, 3.63) is 64.7 Å². The zero-order valence-electron chi connectivity index (χ0n) is 14.5. The molecular weight excluding hydrogens is 356 g/mol. The number of methoxy groups -OCH3 is 1. The Kier molecular flexibility index (Phi) is 7.00. The second-order valence-corrected chi connectivity index (χ2v) is 6.12. The zero-order chi connectivity index (χ0) is 19.1. The summed E-state index contributed by atoms with van der Waals surface area (Å²) in [5, 5.41) is 15.7. The van der Waals surface area contributed by atoms with Crippen LogP contribution >= 0.6 is 11.6 Å². The third kappa shape index (κ3) is 5.21. The molecule has 0 radical (unpaired) electrons.